The van der Waals surface area contributed by atoms with Crippen molar-refractivity contribution in [2.75, 3.05) is 43.0 Å². The maximum Gasteiger partial charge on any atom is 0.293 e. The van der Waals surface area contributed by atoms with E-state index < -0.39 is 14.9 Å². The van der Waals surface area contributed by atoms with Crippen LogP contribution in [0.2, 0.25) is 0 Å². The molecule has 138 valence electrons. The summed E-state index contributed by atoms with van der Waals surface area (Å²) in [5, 5.41) is 11.5. The van der Waals surface area contributed by atoms with Crippen LogP contribution < -0.4 is 14.5 Å². The molecule has 2 aromatic rings. The molecule has 1 fully saturated rings. The monoisotopic (exact) mass is 377 g/mol. The average Bonchev–Trinajstić information content (AvgIpc) is 2.68. The van der Waals surface area contributed by atoms with Gasteiger partial charge in [0.15, 0.2) is 0 Å². The number of nitro benzene ring substituents is 1. The Balaban J connectivity index is 1.83. The van der Waals surface area contributed by atoms with Gasteiger partial charge in [-0.15, -0.1) is 0 Å². The van der Waals surface area contributed by atoms with Crippen LogP contribution in [0.3, 0.4) is 0 Å². The highest BCUT2D eigenvalue weighted by atomic mass is 32.2. The molecule has 0 radical (unpaired) electrons. The van der Waals surface area contributed by atoms with Crippen LogP contribution in [0.15, 0.2) is 47.6 Å². The Kier molecular flexibility index (Phi) is 5.05. The fourth-order valence-corrected chi connectivity index (χ4v) is 3.71. The summed E-state index contributed by atoms with van der Waals surface area (Å²) in [7, 11) is -2.46. The van der Waals surface area contributed by atoms with Crippen molar-refractivity contribution in [3.8, 4) is 0 Å². The van der Waals surface area contributed by atoms with Crippen LogP contribution in [0.25, 0.3) is 0 Å². The van der Waals surface area contributed by atoms with Crippen LogP contribution in [0.4, 0.5) is 17.1 Å². The highest BCUT2D eigenvalue weighted by Crippen LogP contribution is 2.32. The molecule has 0 spiro atoms. The van der Waals surface area contributed by atoms with E-state index in [1.165, 1.54) is 19.2 Å². The van der Waals surface area contributed by atoms with Gasteiger partial charge < -0.3 is 9.80 Å². The third kappa shape index (κ3) is 3.60. The molecule has 1 aromatic carbocycles. The number of nitrogens with one attached hydrogen (secondary N) is 1. The molecule has 2 heterocycles. The van der Waals surface area contributed by atoms with Gasteiger partial charge in [0.2, 0.25) is 10.0 Å². The largest absolute Gasteiger partial charge is 0.368 e. The second-order valence-corrected chi connectivity index (χ2v) is 7.68. The fraction of sp³-hybridized carbons (Fsp3) is 0.312. The molecule has 1 aliphatic heterocycles. The van der Waals surface area contributed by atoms with Gasteiger partial charge in [-0.05, 0) is 31.3 Å². The Morgan fingerprint density at radius 3 is 2.27 bits per heavy atom. The van der Waals surface area contributed by atoms with E-state index in [-0.39, 0.29) is 10.6 Å². The Morgan fingerprint density at radius 2 is 1.69 bits per heavy atom. The van der Waals surface area contributed by atoms with E-state index in [0.29, 0.717) is 31.9 Å². The minimum Gasteiger partial charge on any atom is -0.368 e. The van der Waals surface area contributed by atoms with Gasteiger partial charge in [0, 0.05) is 50.3 Å². The number of rotatable bonds is 5. The lowest BCUT2D eigenvalue weighted by Gasteiger charge is -2.37. The number of benzene rings is 1. The maximum atomic E-state index is 11.9. The lowest BCUT2D eigenvalue weighted by molar-refractivity contribution is -0.384. The van der Waals surface area contributed by atoms with Crippen molar-refractivity contribution in [2.24, 2.45) is 0 Å². The van der Waals surface area contributed by atoms with E-state index in [4.69, 9.17) is 0 Å². The van der Waals surface area contributed by atoms with Crippen LogP contribution in [0.5, 0.6) is 0 Å². The number of piperazine rings is 1. The molecule has 1 N–H and O–H groups in total. The third-order valence-corrected chi connectivity index (χ3v) is 5.78. The molecule has 10 heteroatoms. The van der Waals surface area contributed by atoms with E-state index in [1.54, 1.807) is 12.4 Å². The first-order valence-corrected chi connectivity index (χ1v) is 9.52. The summed E-state index contributed by atoms with van der Waals surface area (Å²) < 4.78 is 26.0. The molecule has 0 amide bonds. The van der Waals surface area contributed by atoms with Gasteiger partial charge in [-0.3, -0.25) is 15.1 Å². The van der Waals surface area contributed by atoms with Crippen molar-refractivity contribution in [2.45, 2.75) is 4.90 Å². The second-order valence-electron chi connectivity index (χ2n) is 5.79. The molecule has 1 aromatic heterocycles. The minimum absolute atomic E-state index is 0.120. The Morgan fingerprint density at radius 1 is 1.08 bits per heavy atom. The number of nitrogens with zero attached hydrogens (tertiary/aromatic N) is 4. The Bertz CT molecular complexity index is 896. The minimum atomic E-state index is -3.73. The third-order valence-electron chi connectivity index (χ3n) is 4.37. The van der Waals surface area contributed by atoms with Gasteiger partial charge in [-0.1, -0.05) is 0 Å². The van der Waals surface area contributed by atoms with Crippen molar-refractivity contribution in [1.29, 1.82) is 0 Å². The number of hydrogen-bond acceptors (Lipinski definition) is 7. The molecule has 26 heavy (non-hydrogen) atoms. The number of nitro groups is 1. The van der Waals surface area contributed by atoms with E-state index in [2.05, 4.69) is 14.6 Å². The van der Waals surface area contributed by atoms with E-state index in [1.807, 2.05) is 17.0 Å². The summed E-state index contributed by atoms with van der Waals surface area (Å²) in [4.78, 5) is 18.9. The summed E-state index contributed by atoms with van der Waals surface area (Å²) >= 11 is 0. The predicted molar refractivity (Wildman–Crippen MR) is 98.0 cm³/mol. The molecule has 3 rings (SSSR count). The zero-order valence-corrected chi connectivity index (χ0v) is 15.0. The van der Waals surface area contributed by atoms with Gasteiger partial charge in [0.05, 0.1) is 9.82 Å². The molecule has 9 nitrogen and oxygen atoms in total. The standard InChI is InChI=1S/C16H19N5O4S/c1-17-26(24,25)14-2-3-15(16(12-14)21(22)23)20-10-8-19(9-11-20)13-4-6-18-7-5-13/h2-7,12,17H,8-11H2,1H3. The van der Waals surface area contributed by atoms with Gasteiger partial charge in [-0.2, -0.15) is 0 Å². The van der Waals surface area contributed by atoms with Crippen LogP contribution >= 0.6 is 0 Å². The van der Waals surface area contributed by atoms with Gasteiger partial charge in [0.25, 0.3) is 5.69 Å². The maximum absolute atomic E-state index is 11.9. The van der Waals surface area contributed by atoms with E-state index in [0.717, 1.165) is 11.8 Å². The number of anilines is 2. The quantitative estimate of drug-likeness (QED) is 0.616. The fourth-order valence-electron chi connectivity index (χ4n) is 2.96. The van der Waals surface area contributed by atoms with E-state index >= 15 is 0 Å². The summed E-state index contributed by atoms with van der Waals surface area (Å²) in [6.45, 7) is 2.61. The second kappa shape index (κ2) is 7.26. The van der Waals surface area contributed by atoms with Gasteiger partial charge in [-0.25, -0.2) is 13.1 Å². The van der Waals surface area contributed by atoms with Crippen LogP contribution in [-0.4, -0.2) is 51.6 Å². The van der Waals surface area contributed by atoms with Crippen LogP contribution in [-0.2, 0) is 10.0 Å². The van der Waals surface area contributed by atoms with Gasteiger partial charge in [0.1, 0.15) is 5.69 Å². The first kappa shape index (κ1) is 18.1. The lowest BCUT2D eigenvalue weighted by Crippen LogP contribution is -2.46. The van der Waals surface area contributed by atoms with Crippen molar-refractivity contribution in [3.05, 3.63) is 52.8 Å². The summed E-state index contributed by atoms with van der Waals surface area (Å²) in [5.41, 5.74) is 1.28. The molecule has 0 saturated carbocycles. The smallest absolute Gasteiger partial charge is 0.293 e. The van der Waals surface area contributed by atoms with E-state index in [9.17, 15) is 18.5 Å². The lowest BCUT2D eigenvalue weighted by atomic mass is 10.2. The number of aromatic nitrogens is 1. The first-order valence-electron chi connectivity index (χ1n) is 8.04. The van der Waals surface area contributed by atoms with Crippen molar-refractivity contribution < 1.29 is 13.3 Å². The summed E-state index contributed by atoms with van der Waals surface area (Å²) in [5.74, 6) is 0. The number of sulfonamides is 1. The van der Waals surface area contributed by atoms with Gasteiger partial charge >= 0.3 is 0 Å². The molecule has 1 saturated heterocycles. The highest BCUT2D eigenvalue weighted by Gasteiger charge is 2.26. The number of hydrogen-bond donors (Lipinski definition) is 1. The first-order chi connectivity index (χ1) is 12.4. The zero-order chi connectivity index (χ0) is 18.7. The molecule has 0 atom stereocenters. The molecule has 0 unspecified atom stereocenters. The van der Waals surface area contributed by atoms with Crippen LogP contribution in [0, 0.1) is 10.1 Å². The normalized spacial score (nSPS) is 15.1. The summed E-state index contributed by atoms with van der Waals surface area (Å²) in [6.07, 6.45) is 3.46. The van der Waals surface area contributed by atoms with Crippen molar-refractivity contribution >= 4 is 27.1 Å². The number of pyridine rings is 1. The predicted octanol–water partition coefficient (Wildman–Crippen LogP) is 1.22. The van der Waals surface area contributed by atoms with Crippen molar-refractivity contribution in [3.63, 3.8) is 0 Å². The average molecular weight is 377 g/mol. The topological polar surface area (TPSA) is 109 Å². The molecular formula is C16H19N5O4S. The SMILES string of the molecule is CNS(=O)(=O)c1ccc(N2CCN(c3ccncc3)CC2)c([N+](=O)[O-])c1. The summed E-state index contributed by atoms with van der Waals surface area (Å²) in [6, 6.07) is 7.86. The molecule has 1 aliphatic rings. The van der Waals surface area contributed by atoms with Crippen LogP contribution in [0.1, 0.15) is 0 Å². The Hall–Kier alpha value is -2.72. The molecule has 0 aliphatic carbocycles. The van der Waals surface area contributed by atoms with Crippen molar-refractivity contribution in [1.82, 2.24) is 9.71 Å². The zero-order valence-electron chi connectivity index (χ0n) is 14.2. The molecule has 0 bridgehead atoms. The highest BCUT2D eigenvalue weighted by molar-refractivity contribution is 7.89. The molecular weight excluding hydrogens is 358 g/mol. The Labute approximate surface area is 151 Å².